The van der Waals surface area contributed by atoms with Crippen molar-refractivity contribution in [3.8, 4) is 5.75 Å². The van der Waals surface area contributed by atoms with E-state index in [4.69, 9.17) is 4.74 Å². The van der Waals surface area contributed by atoms with Crippen molar-refractivity contribution in [3.05, 3.63) is 101 Å². The second-order valence-corrected chi connectivity index (χ2v) is 10.1. The molecular weight excluding hydrogens is 448 g/mol. The molecule has 5 heteroatoms. The van der Waals surface area contributed by atoms with Crippen molar-refractivity contribution >= 4 is 27.8 Å². The third kappa shape index (κ3) is 4.37. The van der Waals surface area contributed by atoms with E-state index in [2.05, 4.69) is 86.5 Å². The van der Waals surface area contributed by atoms with Gasteiger partial charge in [-0.3, -0.25) is 0 Å². The number of carbonyl (C=O) groups is 1. The fraction of sp³-hybridized carbons (Fsp3) is 0.258. The van der Waals surface area contributed by atoms with Crippen molar-refractivity contribution in [1.29, 1.82) is 0 Å². The minimum Gasteiger partial charge on any atom is -0.482 e. The predicted molar refractivity (Wildman–Crippen MR) is 145 cm³/mol. The average molecular weight is 481 g/mol. The number of rotatable bonds is 8. The number of fused-ring (bicyclic) bond motifs is 2. The minimum absolute atomic E-state index is 0.165. The van der Waals surface area contributed by atoms with Crippen LogP contribution in [0.1, 0.15) is 73.3 Å². The van der Waals surface area contributed by atoms with E-state index < -0.39 is 5.97 Å². The van der Waals surface area contributed by atoms with Crippen molar-refractivity contribution in [3.63, 3.8) is 0 Å². The summed E-state index contributed by atoms with van der Waals surface area (Å²) in [5.74, 6) is 0.228. The summed E-state index contributed by atoms with van der Waals surface area (Å²) in [5.41, 5.74) is 7.91. The number of para-hydroxylation sites is 1. The Balaban J connectivity index is 1.78. The largest absolute Gasteiger partial charge is 0.482 e. The van der Waals surface area contributed by atoms with Crippen LogP contribution in [-0.2, 0) is 4.79 Å². The monoisotopic (exact) mass is 480 g/mol. The molecule has 0 fully saturated rings. The van der Waals surface area contributed by atoms with Crippen molar-refractivity contribution < 1.29 is 14.6 Å². The number of aliphatic carboxylic acids is 1. The van der Waals surface area contributed by atoms with E-state index in [0.29, 0.717) is 17.6 Å². The second-order valence-electron chi connectivity index (χ2n) is 10.1. The molecule has 0 radical (unpaired) electrons. The van der Waals surface area contributed by atoms with Crippen molar-refractivity contribution in [2.24, 2.45) is 0 Å². The molecule has 0 amide bonds. The lowest BCUT2D eigenvalue weighted by Crippen LogP contribution is -2.12. The summed E-state index contributed by atoms with van der Waals surface area (Å²) in [7, 11) is 0. The van der Waals surface area contributed by atoms with Crippen LogP contribution >= 0.6 is 0 Å². The van der Waals surface area contributed by atoms with E-state index in [-0.39, 0.29) is 12.5 Å². The second kappa shape index (κ2) is 9.57. The molecule has 184 valence electrons. The molecule has 5 aromatic rings. The van der Waals surface area contributed by atoms with E-state index in [1.807, 2.05) is 24.3 Å². The number of carboxylic acid groups (broad SMARTS) is 1. The van der Waals surface area contributed by atoms with Gasteiger partial charge in [-0.15, -0.1) is 0 Å². The number of hydrogen-bond donors (Lipinski definition) is 3. The van der Waals surface area contributed by atoms with Crippen LogP contribution in [0.15, 0.2) is 73.1 Å². The molecule has 0 aliphatic carbocycles. The predicted octanol–water partition coefficient (Wildman–Crippen LogP) is 7.54. The highest BCUT2D eigenvalue weighted by Gasteiger charge is 2.26. The van der Waals surface area contributed by atoms with Crippen LogP contribution in [0.2, 0.25) is 0 Å². The summed E-state index contributed by atoms with van der Waals surface area (Å²) in [6, 6.07) is 20.9. The van der Waals surface area contributed by atoms with Gasteiger partial charge in [0.15, 0.2) is 6.61 Å². The van der Waals surface area contributed by atoms with Crippen molar-refractivity contribution in [1.82, 2.24) is 9.97 Å². The maximum Gasteiger partial charge on any atom is 0.341 e. The first-order chi connectivity index (χ1) is 17.3. The van der Waals surface area contributed by atoms with Gasteiger partial charge in [0.2, 0.25) is 0 Å². The molecule has 2 heterocycles. The molecule has 0 unspecified atom stereocenters. The first kappa shape index (κ1) is 23.7. The van der Waals surface area contributed by atoms with Crippen LogP contribution in [0, 0.1) is 0 Å². The van der Waals surface area contributed by atoms with Crippen LogP contribution in [0.5, 0.6) is 5.75 Å². The van der Waals surface area contributed by atoms with Crippen molar-refractivity contribution in [2.75, 3.05) is 6.61 Å². The van der Waals surface area contributed by atoms with Crippen LogP contribution in [0.25, 0.3) is 21.8 Å². The maximum absolute atomic E-state index is 11.3. The Labute approximate surface area is 211 Å². The molecule has 0 atom stereocenters. The number of benzene rings is 3. The lowest BCUT2D eigenvalue weighted by Gasteiger charge is -2.21. The lowest BCUT2D eigenvalue weighted by molar-refractivity contribution is -0.139. The molecular formula is C31H32N2O3. The molecule has 0 aliphatic rings. The summed E-state index contributed by atoms with van der Waals surface area (Å²) < 4.78 is 5.80. The van der Waals surface area contributed by atoms with E-state index in [9.17, 15) is 9.90 Å². The number of carboxylic acids is 1. The quantitative estimate of drug-likeness (QED) is 0.215. The van der Waals surface area contributed by atoms with Crippen LogP contribution in [0.3, 0.4) is 0 Å². The Morgan fingerprint density at radius 2 is 1.31 bits per heavy atom. The molecule has 0 spiro atoms. The molecule has 0 saturated carbocycles. The number of aromatic amines is 2. The highest BCUT2D eigenvalue weighted by atomic mass is 16.5. The Morgan fingerprint density at radius 3 is 1.81 bits per heavy atom. The van der Waals surface area contributed by atoms with E-state index in [1.165, 1.54) is 11.1 Å². The third-order valence-corrected chi connectivity index (χ3v) is 7.01. The van der Waals surface area contributed by atoms with Crippen LogP contribution < -0.4 is 4.74 Å². The number of aromatic nitrogens is 2. The van der Waals surface area contributed by atoms with Gasteiger partial charge in [-0.2, -0.15) is 0 Å². The van der Waals surface area contributed by atoms with Gasteiger partial charge in [-0.25, -0.2) is 4.79 Å². The van der Waals surface area contributed by atoms with Gasteiger partial charge in [0.25, 0.3) is 0 Å². The number of nitrogens with one attached hydrogen (secondary N) is 2. The standard InChI is InChI=1S/C31H32N2O3/c1-18(2)20-9-11-27-23(13-20)25(15-32-27)31(22-7-5-6-8-29(22)36-17-30(34)35)26-16-33-28-12-10-21(19(3)4)14-24(26)28/h5-16,18-19,31-33H,17H2,1-4H3,(H,34,35). The van der Waals surface area contributed by atoms with E-state index >= 15 is 0 Å². The summed E-state index contributed by atoms with van der Waals surface area (Å²) in [6.45, 7) is 8.42. The Morgan fingerprint density at radius 1 is 0.778 bits per heavy atom. The number of hydrogen-bond acceptors (Lipinski definition) is 2. The molecule has 36 heavy (non-hydrogen) atoms. The molecule has 5 rings (SSSR count). The minimum atomic E-state index is -0.997. The Bertz CT molecular complexity index is 1450. The van der Waals surface area contributed by atoms with E-state index in [1.54, 1.807) is 0 Å². The van der Waals surface area contributed by atoms with Crippen molar-refractivity contribution in [2.45, 2.75) is 45.4 Å². The maximum atomic E-state index is 11.3. The van der Waals surface area contributed by atoms with Gasteiger partial charge in [0.1, 0.15) is 5.75 Å². The third-order valence-electron chi connectivity index (χ3n) is 7.01. The highest BCUT2D eigenvalue weighted by molar-refractivity contribution is 5.90. The Hall–Kier alpha value is -3.99. The molecule has 5 nitrogen and oxygen atoms in total. The fourth-order valence-corrected chi connectivity index (χ4v) is 5.01. The summed E-state index contributed by atoms with van der Waals surface area (Å²) in [6.07, 6.45) is 4.16. The van der Waals surface area contributed by atoms with Gasteiger partial charge in [-0.05, 0) is 64.4 Å². The van der Waals surface area contributed by atoms with E-state index in [0.717, 1.165) is 38.5 Å². The number of ether oxygens (including phenoxy) is 1. The first-order valence-corrected chi connectivity index (χ1v) is 12.5. The van der Waals surface area contributed by atoms with Gasteiger partial charge >= 0.3 is 5.97 Å². The number of H-pyrrole nitrogens is 2. The lowest BCUT2D eigenvalue weighted by atomic mass is 9.83. The van der Waals surface area contributed by atoms with Gasteiger partial charge in [0, 0.05) is 45.7 Å². The van der Waals surface area contributed by atoms with Gasteiger partial charge in [0.05, 0.1) is 0 Å². The molecule has 3 N–H and O–H groups in total. The summed E-state index contributed by atoms with van der Waals surface area (Å²) >= 11 is 0. The Kier molecular flexibility index (Phi) is 6.31. The molecule has 0 bridgehead atoms. The van der Waals surface area contributed by atoms with Crippen LogP contribution in [0.4, 0.5) is 0 Å². The molecule has 2 aromatic heterocycles. The highest BCUT2D eigenvalue weighted by Crippen LogP contribution is 2.43. The smallest absolute Gasteiger partial charge is 0.341 e. The topological polar surface area (TPSA) is 78.1 Å². The zero-order valence-electron chi connectivity index (χ0n) is 21.1. The normalized spacial score (nSPS) is 11.9. The zero-order chi connectivity index (χ0) is 25.4. The summed E-state index contributed by atoms with van der Waals surface area (Å²) in [4.78, 5) is 18.3. The molecule has 0 saturated heterocycles. The molecule has 0 aliphatic heterocycles. The van der Waals surface area contributed by atoms with Gasteiger partial charge < -0.3 is 19.8 Å². The van der Waals surface area contributed by atoms with Crippen LogP contribution in [-0.4, -0.2) is 27.7 Å². The summed E-state index contributed by atoms with van der Waals surface area (Å²) in [5, 5.41) is 11.6. The first-order valence-electron chi connectivity index (χ1n) is 12.5. The fourth-order valence-electron chi connectivity index (χ4n) is 5.01. The molecule has 3 aromatic carbocycles. The SMILES string of the molecule is CC(C)c1ccc2[nH]cc(C(c3ccccc3OCC(=O)O)c3c[nH]c4ccc(C(C)C)cc34)c2c1. The van der Waals surface area contributed by atoms with Gasteiger partial charge in [-0.1, -0.05) is 58.0 Å². The zero-order valence-corrected chi connectivity index (χ0v) is 21.1. The average Bonchev–Trinajstić information content (AvgIpc) is 3.47.